The standard InChI is InChI=1S/C19H12N2O2S.C19H12N2S/c22-21(23)17-7-3-1-5-15(17)13-9-11-14(12-10-13)19-20-16-6-2-4-8-18(16)24-19;1-2-6-15-13(5-1)14-10-9-12(11-17(14)20-15)19-21-16-7-3-4-8-18(16)22-19/h1-12H;1-11,20H. The zero-order chi connectivity index (χ0) is 31.0. The fourth-order valence-electron chi connectivity index (χ4n) is 5.65. The summed E-state index contributed by atoms with van der Waals surface area (Å²) < 4.78 is 2.38. The maximum atomic E-state index is 11.2. The van der Waals surface area contributed by atoms with Gasteiger partial charge in [-0.25, -0.2) is 9.97 Å². The number of fused-ring (bicyclic) bond motifs is 5. The normalized spacial score (nSPS) is 11.2. The fourth-order valence-corrected chi connectivity index (χ4v) is 7.58. The van der Waals surface area contributed by atoms with Crippen molar-refractivity contribution in [3.8, 4) is 32.3 Å². The molecule has 8 heteroatoms. The molecule has 9 rings (SSSR count). The summed E-state index contributed by atoms with van der Waals surface area (Å²) in [4.78, 5) is 23.7. The summed E-state index contributed by atoms with van der Waals surface area (Å²) in [7, 11) is 0. The molecule has 0 unspecified atom stereocenters. The Morgan fingerprint density at radius 3 is 1.78 bits per heavy atom. The summed E-state index contributed by atoms with van der Waals surface area (Å²) in [6.45, 7) is 0. The minimum absolute atomic E-state index is 0.116. The zero-order valence-corrected chi connectivity index (χ0v) is 25.9. The van der Waals surface area contributed by atoms with Gasteiger partial charge < -0.3 is 4.98 Å². The van der Waals surface area contributed by atoms with E-state index in [1.807, 2.05) is 54.6 Å². The molecule has 0 aliphatic heterocycles. The Morgan fingerprint density at radius 1 is 0.543 bits per heavy atom. The Balaban J connectivity index is 0.000000136. The third kappa shape index (κ3) is 5.19. The lowest BCUT2D eigenvalue weighted by molar-refractivity contribution is -0.384. The molecule has 0 spiro atoms. The van der Waals surface area contributed by atoms with Crippen molar-refractivity contribution in [2.24, 2.45) is 0 Å². The van der Waals surface area contributed by atoms with Crippen LogP contribution in [0, 0.1) is 10.1 Å². The van der Waals surface area contributed by atoms with Crippen LogP contribution in [0.2, 0.25) is 0 Å². The molecule has 6 aromatic carbocycles. The van der Waals surface area contributed by atoms with Crippen LogP contribution >= 0.6 is 22.7 Å². The predicted octanol–water partition coefficient (Wildman–Crippen LogP) is 11.1. The molecule has 0 amide bonds. The van der Waals surface area contributed by atoms with Crippen LogP contribution in [0.15, 0.2) is 140 Å². The number of thiazole rings is 2. The Bertz CT molecular complexity index is 2460. The van der Waals surface area contributed by atoms with Gasteiger partial charge >= 0.3 is 0 Å². The minimum atomic E-state index is -0.350. The van der Waals surface area contributed by atoms with Gasteiger partial charge in [0.1, 0.15) is 10.0 Å². The molecule has 46 heavy (non-hydrogen) atoms. The van der Waals surface area contributed by atoms with Crippen molar-refractivity contribution >= 4 is 70.6 Å². The van der Waals surface area contributed by atoms with E-state index in [0.29, 0.717) is 5.56 Å². The van der Waals surface area contributed by atoms with E-state index in [-0.39, 0.29) is 10.6 Å². The van der Waals surface area contributed by atoms with Crippen molar-refractivity contribution in [2.75, 3.05) is 0 Å². The quantitative estimate of drug-likeness (QED) is 0.154. The van der Waals surface area contributed by atoms with E-state index in [4.69, 9.17) is 4.98 Å². The lowest BCUT2D eigenvalue weighted by atomic mass is 10.0. The molecule has 0 saturated carbocycles. The Morgan fingerprint density at radius 2 is 1.09 bits per heavy atom. The van der Waals surface area contributed by atoms with Crippen molar-refractivity contribution in [2.45, 2.75) is 0 Å². The molecule has 0 radical (unpaired) electrons. The molecule has 9 aromatic rings. The van der Waals surface area contributed by atoms with Gasteiger partial charge in [0, 0.05) is 39.0 Å². The van der Waals surface area contributed by atoms with Gasteiger partial charge in [-0.1, -0.05) is 91.0 Å². The highest BCUT2D eigenvalue weighted by Gasteiger charge is 2.15. The third-order valence-electron chi connectivity index (χ3n) is 7.88. The Hall–Kier alpha value is -5.70. The van der Waals surface area contributed by atoms with E-state index in [9.17, 15) is 10.1 Å². The molecule has 0 saturated heterocycles. The zero-order valence-electron chi connectivity index (χ0n) is 24.3. The van der Waals surface area contributed by atoms with Crippen LogP contribution in [0.4, 0.5) is 5.69 Å². The highest BCUT2D eigenvalue weighted by atomic mass is 32.1. The first-order valence-electron chi connectivity index (χ1n) is 14.7. The molecular formula is C38H24N4O2S2. The lowest BCUT2D eigenvalue weighted by Crippen LogP contribution is -1.91. The van der Waals surface area contributed by atoms with Gasteiger partial charge in [0.15, 0.2) is 0 Å². The number of para-hydroxylation sites is 4. The van der Waals surface area contributed by atoms with Crippen LogP contribution in [0.5, 0.6) is 0 Å². The summed E-state index contributed by atoms with van der Waals surface area (Å²) in [6, 6.07) is 45.8. The average molecular weight is 633 g/mol. The highest BCUT2D eigenvalue weighted by Crippen LogP contribution is 2.35. The molecule has 0 fully saturated rings. The van der Waals surface area contributed by atoms with Crippen LogP contribution in [0.3, 0.4) is 0 Å². The second kappa shape index (κ2) is 11.7. The number of benzene rings is 6. The van der Waals surface area contributed by atoms with Gasteiger partial charge in [-0.3, -0.25) is 10.1 Å². The second-order valence-electron chi connectivity index (χ2n) is 10.8. The maximum absolute atomic E-state index is 11.2. The number of aromatic nitrogens is 3. The molecular weight excluding hydrogens is 609 g/mol. The van der Waals surface area contributed by atoms with Gasteiger partial charge in [0.2, 0.25) is 0 Å². The number of H-pyrrole nitrogens is 1. The van der Waals surface area contributed by atoms with Gasteiger partial charge in [0.05, 0.1) is 30.9 Å². The lowest BCUT2D eigenvalue weighted by Gasteiger charge is -2.04. The van der Waals surface area contributed by atoms with Gasteiger partial charge in [-0.05, 0) is 48.0 Å². The number of nitro benzene ring substituents is 1. The van der Waals surface area contributed by atoms with E-state index in [1.165, 1.54) is 32.6 Å². The minimum Gasteiger partial charge on any atom is -0.354 e. The smallest absolute Gasteiger partial charge is 0.277 e. The summed E-state index contributed by atoms with van der Waals surface area (Å²) in [5.74, 6) is 0. The molecule has 0 aliphatic rings. The van der Waals surface area contributed by atoms with E-state index < -0.39 is 0 Å². The Labute approximate surface area is 271 Å². The van der Waals surface area contributed by atoms with Crippen molar-refractivity contribution in [3.63, 3.8) is 0 Å². The Kier molecular flexibility index (Phi) is 7.05. The summed E-state index contributed by atoms with van der Waals surface area (Å²) in [5.41, 5.74) is 8.14. The highest BCUT2D eigenvalue weighted by molar-refractivity contribution is 7.22. The van der Waals surface area contributed by atoms with Crippen LogP contribution < -0.4 is 0 Å². The first kappa shape index (κ1) is 27.8. The molecule has 1 N–H and O–H groups in total. The third-order valence-corrected chi connectivity index (χ3v) is 10.1. The van der Waals surface area contributed by atoms with Crippen molar-refractivity contribution in [1.29, 1.82) is 0 Å². The average Bonchev–Trinajstić information content (AvgIpc) is 3.83. The summed E-state index contributed by atoms with van der Waals surface area (Å²) in [6.07, 6.45) is 0. The van der Waals surface area contributed by atoms with Gasteiger partial charge in [0.25, 0.3) is 5.69 Å². The second-order valence-corrected chi connectivity index (χ2v) is 12.8. The van der Waals surface area contributed by atoms with Crippen molar-refractivity contribution < 1.29 is 4.92 Å². The number of nitrogens with one attached hydrogen (secondary N) is 1. The molecule has 3 heterocycles. The van der Waals surface area contributed by atoms with Crippen LogP contribution in [-0.2, 0) is 0 Å². The van der Waals surface area contributed by atoms with Crippen molar-refractivity contribution in [1.82, 2.24) is 15.0 Å². The van der Waals surface area contributed by atoms with Crippen LogP contribution in [-0.4, -0.2) is 19.9 Å². The molecule has 3 aromatic heterocycles. The number of aromatic amines is 1. The number of hydrogen-bond donors (Lipinski definition) is 1. The maximum Gasteiger partial charge on any atom is 0.277 e. The van der Waals surface area contributed by atoms with E-state index in [0.717, 1.165) is 42.4 Å². The summed E-state index contributed by atoms with van der Waals surface area (Å²) >= 11 is 3.38. The largest absolute Gasteiger partial charge is 0.354 e. The first-order chi connectivity index (χ1) is 22.6. The first-order valence-corrected chi connectivity index (χ1v) is 16.3. The number of nitrogens with zero attached hydrogens (tertiary/aromatic N) is 3. The predicted molar refractivity (Wildman–Crippen MR) is 192 cm³/mol. The fraction of sp³-hybridized carbons (Fsp3) is 0. The number of nitro groups is 1. The van der Waals surface area contributed by atoms with Crippen molar-refractivity contribution in [3.05, 3.63) is 150 Å². The SMILES string of the molecule is O=[N+]([O-])c1ccccc1-c1ccc(-c2nc3ccccc3s2)cc1.c1ccc2sc(-c3ccc4c(c3)[nH]c3ccccc34)nc2c1. The molecule has 0 bridgehead atoms. The topological polar surface area (TPSA) is 84.7 Å². The molecule has 0 aliphatic carbocycles. The molecule has 0 atom stereocenters. The van der Waals surface area contributed by atoms with E-state index in [1.54, 1.807) is 34.8 Å². The number of hydrogen-bond acceptors (Lipinski definition) is 6. The summed E-state index contributed by atoms with van der Waals surface area (Å²) in [5, 5.41) is 15.7. The van der Waals surface area contributed by atoms with Gasteiger partial charge in [-0.15, -0.1) is 22.7 Å². The van der Waals surface area contributed by atoms with Crippen LogP contribution in [0.1, 0.15) is 0 Å². The monoisotopic (exact) mass is 632 g/mol. The molecule has 6 nitrogen and oxygen atoms in total. The van der Waals surface area contributed by atoms with Crippen LogP contribution in [0.25, 0.3) is 74.5 Å². The van der Waals surface area contributed by atoms with Gasteiger partial charge in [-0.2, -0.15) is 0 Å². The van der Waals surface area contributed by atoms with E-state index >= 15 is 0 Å². The van der Waals surface area contributed by atoms with E-state index in [2.05, 4.69) is 76.7 Å². The molecule has 220 valence electrons. The number of rotatable bonds is 4.